The van der Waals surface area contributed by atoms with Gasteiger partial charge in [-0.3, -0.25) is 14.2 Å². The van der Waals surface area contributed by atoms with Crippen LogP contribution in [-0.4, -0.2) is 25.3 Å². The highest BCUT2D eigenvalue weighted by molar-refractivity contribution is 5.91. The predicted molar refractivity (Wildman–Crippen MR) is 144 cm³/mol. The fraction of sp³-hybridized carbons (Fsp3) is 0.200. The second-order valence-electron chi connectivity index (χ2n) is 10.1. The molecule has 5 rings (SSSR count). The molecular formula is C30H29N5O. The number of rotatable bonds is 5. The molecule has 6 nitrogen and oxygen atoms in total. The van der Waals surface area contributed by atoms with E-state index in [-0.39, 0.29) is 17.7 Å². The molecule has 0 aliphatic rings. The summed E-state index contributed by atoms with van der Waals surface area (Å²) in [5, 5.41) is 2.95. The maximum absolute atomic E-state index is 12.8. The summed E-state index contributed by atoms with van der Waals surface area (Å²) in [5.74, 6) is 0.501. The van der Waals surface area contributed by atoms with E-state index in [2.05, 4.69) is 63.6 Å². The Morgan fingerprint density at radius 2 is 1.69 bits per heavy atom. The maximum Gasteiger partial charge on any atom is 0.229 e. The molecule has 6 heteroatoms. The average Bonchev–Trinajstić information content (AvgIpc) is 3.29. The summed E-state index contributed by atoms with van der Waals surface area (Å²) in [6.07, 6.45) is 9.55. The van der Waals surface area contributed by atoms with Crippen LogP contribution in [0, 0.1) is 6.92 Å². The van der Waals surface area contributed by atoms with E-state index in [4.69, 9.17) is 0 Å². The molecule has 4 aromatic heterocycles. The van der Waals surface area contributed by atoms with E-state index in [0.29, 0.717) is 5.82 Å². The van der Waals surface area contributed by atoms with Crippen molar-refractivity contribution in [3.63, 3.8) is 0 Å². The second-order valence-corrected chi connectivity index (χ2v) is 10.1. The minimum atomic E-state index is -0.0807. The highest BCUT2D eigenvalue weighted by atomic mass is 16.1. The van der Waals surface area contributed by atoms with Crippen LogP contribution < -0.4 is 5.32 Å². The quantitative estimate of drug-likeness (QED) is 0.326. The number of carbonyl (C=O) groups is 1. The number of nitrogens with zero attached hydrogens (tertiary/aromatic N) is 4. The van der Waals surface area contributed by atoms with Gasteiger partial charge in [0.05, 0.1) is 18.3 Å². The van der Waals surface area contributed by atoms with Crippen LogP contribution in [-0.2, 0) is 16.6 Å². The molecule has 0 aliphatic carbocycles. The van der Waals surface area contributed by atoms with Gasteiger partial charge in [0.2, 0.25) is 5.91 Å². The van der Waals surface area contributed by atoms with E-state index in [0.717, 1.165) is 44.7 Å². The van der Waals surface area contributed by atoms with Gasteiger partial charge in [-0.1, -0.05) is 32.9 Å². The number of imidazole rings is 1. The molecular weight excluding hydrogens is 446 g/mol. The summed E-state index contributed by atoms with van der Waals surface area (Å²) in [5.41, 5.74) is 8.32. The first-order chi connectivity index (χ1) is 17.3. The number of anilines is 1. The summed E-state index contributed by atoms with van der Waals surface area (Å²) < 4.78 is 2.08. The highest BCUT2D eigenvalue weighted by Gasteiger charge is 2.16. The molecule has 180 valence electrons. The highest BCUT2D eigenvalue weighted by Crippen LogP contribution is 2.27. The normalized spacial score (nSPS) is 11.6. The fourth-order valence-electron chi connectivity index (χ4n) is 4.30. The third kappa shape index (κ3) is 4.89. The molecule has 1 N–H and O–H groups in total. The van der Waals surface area contributed by atoms with Crippen LogP contribution in [0.4, 0.5) is 5.82 Å². The third-order valence-electron chi connectivity index (χ3n) is 6.41. The van der Waals surface area contributed by atoms with E-state index < -0.39 is 0 Å². The largest absolute Gasteiger partial charge is 0.310 e. The number of hydrogen-bond acceptors (Lipinski definition) is 4. The van der Waals surface area contributed by atoms with E-state index in [1.807, 2.05) is 55.7 Å². The number of benzene rings is 1. The molecule has 0 unspecified atom stereocenters. The van der Waals surface area contributed by atoms with Gasteiger partial charge in [-0.2, -0.15) is 0 Å². The van der Waals surface area contributed by atoms with Crippen molar-refractivity contribution in [2.75, 3.05) is 5.32 Å². The number of amides is 1. The number of carbonyl (C=O) groups excluding carboxylic acids is 1. The molecule has 0 bridgehead atoms. The van der Waals surface area contributed by atoms with Gasteiger partial charge >= 0.3 is 0 Å². The predicted octanol–water partition coefficient (Wildman–Crippen LogP) is 6.25. The zero-order valence-electron chi connectivity index (χ0n) is 21.0. The van der Waals surface area contributed by atoms with Gasteiger partial charge in [0.25, 0.3) is 0 Å². The van der Waals surface area contributed by atoms with E-state index >= 15 is 0 Å². The lowest BCUT2D eigenvalue weighted by atomic mass is 9.88. The summed E-state index contributed by atoms with van der Waals surface area (Å²) >= 11 is 0. The van der Waals surface area contributed by atoms with Gasteiger partial charge in [0.15, 0.2) is 0 Å². The van der Waals surface area contributed by atoms with Crippen molar-refractivity contribution in [1.29, 1.82) is 0 Å². The Labute approximate surface area is 211 Å². The Bertz CT molecular complexity index is 1550. The second kappa shape index (κ2) is 9.38. The van der Waals surface area contributed by atoms with Crippen molar-refractivity contribution in [2.45, 2.75) is 39.5 Å². The van der Waals surface area contributed by atoms with Gasteiger partial charge in [-0.15, -0.1) is 0 Å². The number of hydrogen-bond donors (Lipinski definition) is 1. The standard InChI is InChI=1S/C30H29N5O/c1-20-15-24(26-19-33-28-16-23(10-14-35(26)28)21-7-11-31-12-8-21)6-5-22(20)17-29(36)34-27-18-25(9-13-32-27)30(2,3)4/h5-16,18-19H,17H2,1-4H3,(H,32,34,36). The molecule has 0 atom stereocenters. The minimum absolute atomic E-state index is 0.00668. The summed E-state index contributed by atoms with van der Waals surface area (Å²) in [4.78, 5) is 25.8. The van der Waals surface area contributed by atoms with Gasteiger partial charge in [-0.05, 0) is 82.6 Å². The van der Waals surface area contributed by atoms with Crippen LogP contribution in [0.15, 0.2) is 85.6 Å². The van der Waals surface area contributed by atoms with Crippen molar-refractivity contribution >= 4 is 17.4 Å². The summed E-state index contributed by atoms with van der Waals surface area (Å²) in [7, 11) is 0. The average molecular weight is 476 g/mol. The molecule has 4 heterocycles. The van der Waals surface area contributed by atoms with Gasteiger partial charge in [0, 0.05) is 30.4 Å². The summed E-state index contributed by atoms with van der Waals surface area (Å²) in [6, 6.07) is 18.3. The number of pyridine rings is 3. The molecule has 36 heavy (non-hydrogen) atoms. The Balaban J connectivity index is 1.34. The smallest absolute Gasteiger partial charge is 0.229 e. The number of fused-ring (bicyclic) bond motifs is 1. The lowest BCUT2D eigenvalue weighted by Gasteiger charge is -2.19. The van der Waals surface area contributed by atoms with Crippen LogP contribution in [0.2, 0.25) is 0 Å². The van der Waals surface area contributed by atoms with Gasteiger partial charge < -0.3 is 5.32 Å². The van der Waals surface area contributed by atoms with Gasteiger partial charge in [0.1, 0.15) is 11.5 Å². The Morgan fingerprint density at radius 1 is 0.889 bits per heavy atom. The van der Waals surface area contributed by atoms with Crippen LogP contribution in [0.3, 0.4) is 0 Å². The van der Waals surface area contributed by atoms with Crippen molar-refractivity contribution in [3.05, 3.63) is 102 Å². The third-order valence-corrected chi connectivity index (χ3v) is 6.41. The Hall–Kier alpha value is -4.32. The van der Waals surface area contributed by atoms with Crippen LogP contribution >= 0.6 is 0 Å². The first-order valence-corrected chi connectivity index (χ1v) is 12.0. The lowest BCUT2D eigenvalue weighted by Crippen LogP contribution is -2.17. The molecule has 0 saturated carbocycles. The van der Waals surface area contributed by atoms with Crippen molar-refractivity contribution in [1.82, 2.24) is 19.4 Å². The Kier molecular flexibility index (Phi) is 6.10. The molecule has 0 fully saturated rings. The van der Waals surface area contributed by atoms with Crippen LogP contribution in [0.25, 0.3) is 28.0 Å². The molecule has 1 aromatic carbocycles. The number of nitrogens with one attached hydrogen (secondary N) is 1. The van der Waals surface area contributed by atoms with E-state index in [9.17, 15) is 4.79 Å². The van der Waals surface area contributed by atoms with E-state index in [1.165, 1.54) is 0 Å². The summed E-state index contributed by atoms with van der Waals surface area (Å²) in [6.45, 7) is 8.46. The SMILES string of the molecule is Cc1cc(-c2cnc3cc(-c4ccncc4)ccn23)ccc1CC(=O)Nc1cc(C(C)(C)C)ccn1. The first kappa shape index (κ1) is 23.4. The van der Waals surface area contributed by atoms with Crippen molar-refractivity contribution < 1.29 is 4.79 Å². The van der Waals surface area contributed by atoms with Crippen LogP contribution in [0.1, 0.15) is 37.5 Å². The molecule has 5 aromatic rings. The maximum atomic E-state index is 12.8. The monoisotopic (exact) mass is 475 g/mol. The fourth-order valence-corrected chi connectivity index (χ4v) is 4.30. The molecule has 1 amide bonds. The van der Waals surface area contributed by atoms with Gasteiger partial charge in [-0.25, -0.2) is 9.97 Å². The van der Waals surface area contributed by atoms with Crippen molar-refractivity contribution in [2.24, 2.45) is 0 Å². The molecule has 0 aliphatic heterocycles. The number of aryl methyl sites for hydroxylation is 1. The zero-order chi connectivity index (χ0) is 25.3. The number of aromatic nitrogens is 4. The van der Waals surface area contributed by atoms with E-state index in [1.54, 1.807) is 18.6 Å². The molecule has 0 spiro atoms. The topological polar surface area (TPSA) is 72.2 Å². The zero-order valence-corrected chi connectivity index (χ0v) is 21.0. The Morgan fingerprint density at radius 3 is 2.44 bits per heavy atom. The van der Waals surface area contributed by atoms with Crippen molar-refractivity contribution in [3.8, 4) is 22.4 Å². The first-order valence-electron chi connectivity index (χ1n) is 12.0. The van der Waals surface area contributed by atoms with Crippen LogP contribution in [0.5, 0.6) is 0 Å². The minimum Gasteiger partial charge on any atom is -0.310 e. The molecule has 0 radical (unpaired) electrons. The molecule has 0 saturated heterocycles. The lowest BCUT2D eigenvalue weighted by molar-refractivity contribution is -0.115.